The molecule has 1 aliphatic heterocycles. The summed E-state index contributed by atoms with van der Waals surface area (Å²) in [7, 11) is 0. The highest BCUT2D eigenvalue weighted by molar-refractivity contribution is 7.80. The number of carbonyl (C=O) groups is 2. The van der Waals surface area contributed by atoms with Gasteiger partial charge in [-0.1, -0.05) is 13.8 Å². The number of hydrogen-bond donors (Lipinski definition) is 2. The molecule has 1 fully saturated rings. The number of rotatable bonds is 5. The number of nitrogens with zero attached hydrogens (tertiary/aromatic N) is 1. The minimum Gasteiger partial charge on any atom is -0.304 e. The highest BCUT2D eigenvalue weighted by Crippen LogP contribution is 2.08. The first-order valence-electron chi connectivity index (χ1n) is 5.46. The van der Waals surface area contributed by atoms with Crippen LogP contribution in [0.5, 0.6) is 0 Å². The fourth-order valence-electron chi connectivity index (χ4n) is 1.66. The highest BCUT2D eigenvalue weighted by Gasteiger charge is 2.32. The van der Waals surface area contributed by atoms with Gasteiger partial charge in [0, 0.05) is 0 Å². The van der Waals surface area contributed by atoms with Gasteiger partial charge in [-0.3, -0.25) is 9.59 Å². The van der Waals surface area contributed by atoms with Crippen LogP contribution in [0.3, 0.4) is 0 Å². The maximum atomic E-state index is 11.5. The molecular weight excluding hydrogens is 226 g/mol. The molecule has 1 saturated heterocycles. The zero-order chi connectivity index (χ0) is 12.1. The number of amides is 2. The van der Waals surface area contributed by atoms with Crippen molar-refractivity contribution in [2.24, 2.45) is 5.92 Å². The fraction of sp³-hybridized carbons (Fsp3) is 0.700. The summed E-state index contributed by atoms with van der Waals surface area (Å²) in [6.07, 6.45) is 0.530. The van der Waals surface area contributed by atoms with Gasteiger partial charge in [0.05, 0.1) is 0 Å². The predicted octanol–water partition coefficient (Wildman–Crippen LogP) is -0.135. The Bertz CT molecular complexity index is 282. The Morgan fingerprint density at radius 3 is 2.12 bits per heavy atom. The summed E-state index contributed by atoms with van der Waals surface area (Å²) >= 11 is 4.72. The van der Waals surface area contributed by atoms with Gasteiger partial charge in [0.2, 0.25) is 11.8 Å². The third-order valence-corrected chi connectivity index (χ3v) is 2.94. The van der Waals surface area contributed by atoms with Gasteiger partial charge in [0.1, 0.15) is 5.92 Å². The van der Waals surface area contributed by atoms with Gasteiger partial charge < -0.3 is 15.5 Å². The van der Waals surface area contributed by atoms with E-state index in [1.54, 1.807) is 0 Å². The molecule has 1 rings (SSSR count). The minimum absolute atomic E-state index is 0.106. The normalized spacial score (nSPS) is 17.6. The Hall–Kier alpha value is -1.01. The summed E-state index contributed by atoms with van der Waals surface area (Å²) < 4.78 is 0. The van der Waals surface area contributed by atoms with Gasteiger partial charge in [-0.25, -0.2) is 0 Å². The van der Waals surface area contributed by atoms with Crippen LogP contribution < -0.4 is 10.6 Å². The van der Waals surface area contributed by atoms with E-state index in [0.717, 1.165) is 19.6 Å². The van der Waals surface area contributed by atoms with Crippen molar-refractivity contribution < 1.29 is 9.59 Å². The minimum atomic E-state index is -0.618. The van der Waals surface area contributed by atoms with Gasteiger partial charge in [0.15, 0.2) is 5.11 Å². The van der Waals surface area contributed by atoms with Crippen LogP contribution in [0.4, 0.5) is 0 Å². The Kier molecular flexibility index (Phi) is 4.82. The molecular formula is C10H17N3O2S. The van der Waals surface area contributed by atoms with Crippen LogP contribution in [0, 0.1) is 5.92 Å². The topological polar surface area (TPSA) is 61.4 Å². The molecule has 0 aromatic rings. The molecule has 2 amide bonds. The van der Waals surface area contributed by atoms with Crippen LogP contribution in [0.15, 0.2) is 0 Å². The molecule has 0 saturated carbocycles. The van der Waals surface area contributed by atoms with E-state index in [2.05, 4.69) is 29.4 Å². The molecule has 90 valence electrons. The summed E-state index contributed by atoms with van der Waals surface area (Å²) in [6.45, 7) is 6.69. The molecule has 5 nitrogen and oxygen atoms in total. The second kappa shape index (κ2) is 5.91. The van der Waals surface area contributed by atoms with Crippen LogP contribution in [0.1, 0.15) is 20.3 Å². The highest BCUT2D eigenvalue weighted by atomic mass is 32.1. The maximum absolute atomic E-state index is 11.5. The Morgan fingerprint density at radius 1 is 1.19 bits per heavy atom. The van der Waals surface area contributed by atoms with Crippen LogP contribution in [0.2, 0.25) is 0 Å². The summed E-state index contributed by atoms with van der Waals surface area (Å²) in [6, 6.07) is 0. The zero-order valence-corrected chi connectivity index (χ0v) is 10.4. The third-order valence-electron chi connectivity index (χ3n) is 2.73. The summed E-state index contributed by atoms with van der Waals surface area (Å²) in [4.78, 5) is 25.2. The quantitative estimate of drug-likeness (QED) is 0.521. The molecule has 1 heterocycles. The maximum Gasteiger partial charge on any atom is 0.238 e. The van der Waals surface area contributed by atoms with Crippen molar-refractivity contribution in [2.75, 3.05) is 19.6 Å². The molecule has 0 aromatic heterocycles. The SMILES string of the molecule is CCN(CC)CCC1C(=O)NC(=S)NC1=O. The van der Waals surface area contributed by atoms with Crippen LogP contribution in [-0.4, -0.2) is 41.5 Å². The van der Waals surface area contributed by atoms with Crippen LogP contribution in [0.25, 0.3) is 0 Å². The summed E-state index contributed by atoms with van der Waals surface area (Å²) in [5, 5.41) is 5.03. The van der Waals surface area contributed by atoms with E-state index >= 15 is 0 Å². The van der Waals surface area contributed by atoms with Crippen molar-refractivity contribution >= 4 is 29.1 Å². The van der Waals surface area contributed by atoms with Crippen molar-refractivity contribution in [3.63, 3.8) is 0 Å². The summed E-state index contributed by atoms with van der Waals surface area (Å²) in [5.41, 5.74) is 0. The molecule has 0 radical (unpaired) electrons. The average Bonchev–Trinajstić information content (AvgIpc) is 2.22. The van der Waals surface area contributed by atoms with E-state index in [0.29, 0.717) is 6.42 Å². The number of nitrogens with one attached hydrogen (secondary N) is 2. The van der Waals surface area contributed by atoms with Gasteiger partial charge >= 0.3 is 0 Å². The van der Waals surface area contributed by atoms with E-state index in [1.165, 1.54) is 0 Å². The van der Waals surface area contributed by atoms with E-state index in [-0.39, 0.29) is 16.9 Å². The largest absolute Gasteiger partial charge is 0.304 e. The van der Waals surface area contributed by atoms with Gasteiger partial charge in [-0.15, -0.1) is 0 Å². The number of thiocarbonyl (C=S) groups is 1. The first kappa shape index (κ1) is 13.1. The predicted molar refractivity (Wildman–Crippen MR) is 64.8 cm³/mol. The zero-order valence-electron chi connectivity index (χ0n) is 9.58. The van der Waals surface area contributed by atoms with Crippen molar-refractivity contribution in [1.82, 2.24) is 15.5 Å². The Morgan fingerprint density at radius 2 is 1.69 bits per heavy atom. The van der Waals surface area contributed by atoms with E-state index < -0.39 is 5.92 Å². The molecule has 16 heavy (non-hydrogen) atoms. The Labute approximate surface area is 101 Å². The lowest BCUT2D eigenvalue weighted by Gasteiger charge is -2.25. The van der Waals surface area contributed by atoms with E-state index in [1.807, 2.05) is 0 Å². The molecule has 0 aliphatic carbocycles. The lowest BCUT2D eigenvalue weighted by molar-refractivity contribution is -0.135. The molecule has 0 unspecified atom stereocenters. The Balaban J connectivity index is 2.49. The lowest BCUT2D eigenvalue weighted by atomic mass is 10.0. The molecule has 0 spiro atoms. The number of carbonyl (C=O) groups excluding carboxylic acids is 2. The monoisotopic (exact) mass is 243 g/mol. The molecule has 6 heteroatoms. The number of hydrogen-bond acceptors (Lipinski definition) is 4. The van der Waals surface area contributed by atoms with Crippen molar-refractivity contribution in [3.8, 4) is 0 Å². The van der Waals surface area contributed by atoms with Crippen molar-refractivity contribution in [2.45, 2.75) is 20.3 Å². The first-order valence-corrected chi connectivity index (χ1v) is 5.87. The van der Waals surface area contributed by atoms with Gasteiger partial charge in [-0.2, -0.15) is 0 Å². The van der Waals surface area contributed by atoms with Crippen molar-refractivity contribution in [3.05, 3.63) is 0 Å². The fourth-order valence-corrected chi connectivity index (χ4v) is 1.86. The van der Waals surface area contributed by atoms with E-state index in [4.69, 9.17) is 12.2 Å². The third kappa shape index (κ3) is 3.24. The second-order valence-electron chi connectivity index (χ2n) is 3.68. The lowest BCUT2D eigenvalue weighted by Crippen LogP contribution is -2.56. The molecule has 0 bridgehead atoms. The molecule has 1 aliphatic rings. The first-order chi connectivity index (χ1) is 7.58. The van der Waals surface area contributed by atoms with Crippen molar-refractivity contribution in [1.29, 1.82) is 0 Å². The van der Waals surface area contributed by atoms with Crippen LogP contribution >= 0.6 is 12.2 Å². The molecule has 0 aromatic carbocycles. The smallest absolute Gasteiger partial charge is 0.238 e. The van der Waals surface area contributed by atoms with Gasteiger partial charge in [-0.05, 0) is 38.3 Å². The average molecular weight is 243 g/mol. The standard InChI is InChI=1S/C10H17N3O2S/c1-3-13(4-2)6-5-7-8(14)11-10(16)12-9(7)15/h7H,3-6H2,1-2H3,(H2,11,12,14,15,16). The van der Waals surface area contributed by atoms with Crippen LogP contribution in [-0.2, 0) is 9.59 Å². The second-order valence-corrected chi connectivity index (χ2v) is 4.08. The summed E-state index contributed by atoms with van der Waals surface area (Å²) in [5.74, 6) is -1.20. The van der Waals surface area contributed by atoms with E-state index in [9.17, 15) is 9.59 Å². The van der Waals surface area contributed by atoms with Gasteiger partial charge in [0.25, 0.3) is 0 Å². The molecule has 0 atom stereocenters. The molecule has 2 N–H and O–H groups in total.